The van der Waals surface area contributed by atoms with Gasteiger partial charge in [0, 0.05) is 67.7 Å². The topological polar surface area (TPSA) is 560 Å². The van der Waals surface area contributed by atoms with Crippen molar-refractivity contribution in [2.75, 3.05) is 44.6 Å². The second-order valence-electron chi connectivity index (χ2n) is 9.54. The molecule has 0 aliphatic heterocycles. The summed E-state index contributed by atoms with van der Waals surface area (Å²) in [5.74, 6) is 0. The van der Waals surface area contributed by atoms with Crippen molar-refractivity contribution in [1.82, 2.24) is 0 Å². The van der Waals surface area contributed by atoms with Gasteiger partial charge in [-0.25, -0.2) is 0 Å². The fourth-order valence-corrected chi connectivity index (χ4v) is 3.01. The summed E-state index contributed by atoms with van der Waals surface area (Å²) in [4.78, 5) is 53.0. The standard InChI is InChI=1S/3C6H5NO2.3C6H7N.C2H6O2.C2H6.CO2.2CH4O.CH2O.2CH4.7H2O/c3*8-7(9)6-4-2-1-3-5-6;3*7-6-4-2-1-3-5-6;3-1-2-4;1-2;2-1-3;3*1-2;;;;;;;;;/h3*1-5H;3*1-5H,7H2;3-4H,1-2H2;1-2H3;;2*2H,1H3;1H2;2*1H4;7*1H2. The lowest BCUT2D eigenvalue weighted by Crippen LogP contribution is -1.85. The first-order chi connectivity index (χ1) is 30.4. The Morgan fingerprint density at radius 3 is 0.556 bits per heavy atom. The van der Waals surface area contributed by atoms with Crippen molar-refractivity contribution < 1.29 is 87.9 Å². The average molecular weight is 1040 g/mol. The molecular formula is C46H80N6O20. The van der Waals surface area contributed by atoms with Crippen molar-refractivity contribution in [2.45, 2.75) is 28.7 Å². The molecule has 0 atom stereocenters. The molecule has 0 saturated heterocycles. The Morgan fingerprint density at radius 2 is 0.500 bits per heavy atom. The number of hydrogen-bond donors (Lipinski definition) is 7. The summed E-state index contributed by atoms with van der Waals surface area (Å²) < 4.78 is 0. The molecule has 0 spiro atoms. The van der Waals surface area contributed by atoms with Crippen LogP contribution in [0.5, 0.6) is 0 Å². The maximum Gasteiger partial charge on any atom is 0.373 e. The number of anilines is 3. The van der Waals surface area contributed by atoms with E-state index in [-0.39, 0.29) is 89.6 Å². The first-order valence-electron chi connectivity index (χ1n) is 17.8. The SMILES string of the molecule is C.C.C=O.CC.CO.CO.Nc1ccccc1.Nc1ccccc1.Nc1ccccc1.O.O.O.O.O.O.O.O=C=O.O=[N+]([O-])c1ccccc1.O=[N+]([O-])c1ccccc1.O=[N+]([O-])c1ccccc1.OCCO. The van der Waals surface area contributed by atoms with E-state index >= 15 is 0 Å². The molecule has 24 N–H and O–H groups in total. The predicted molar refractivity (Wildman–Crippen MR) is 285 cm³/mol. The highest BCUT2D eigenvalue weighted by Gasteiger charge is 2.00. The minimum absolute atomic E-state index is 0. The van der Waals surface area contributed by atoms with Crippen LogP contribution in [0, 0.1) is 30.3 Å². The second kappa shape index (κ2) is 89.2. The number of para-hydroxylation sites is 6. The zero-order valence-corrected chi connectivity index (χ0v) is 39.0. The highest BCUT2D eigenvalue weighted by molar-refractivity contribution is 5.37. The van der Waals surface area contributed by atoms with E-state index in [0.717, 1.165) is 31.3 Å². The minimum atomic E-state index is -0.417. The zero-order valence-electron chi connectivity index (χ0n) is 39.0. The first-order valence-corrected chi connectivity index (χ1v) is 17.8. The van der Waals surface area contributed by atoms with Crippen molar-refractivity contribution in [3.05, 3.63) is 212 Å². The zero-order chi connectivity index (χ0) is 49.5. The van der Waals surface area contributed by atoms with E-state index in [1.807, 2.05) is 112 Å². The molecule has 72 heavy (non-hydrogen) atoms. The van der Waals surface area contributed by atoms with Crippen LogP contribution in [-0.2, 0) is 14.4 Å². The maximum absolute atomic E-state index is 10.0. The second-order valence-corrected chi connectivity index (χ2v) is 9.54. The van der Waals surface area contributed by atoms with E-state index in [1.54, 1.807) is 54.6 Å². The van der Waals surface area contributed by atoms with Crippen LogP contribution in [0.25, 0.3) is 0 Å². The third-order valence-corrected chi connectivity index (χ3v) is 5.40. The number of aliphatic hydroxyl groups is 4. The monoisotopic (exact) mass is 1040 g/mol. The summed E-state index contributed by atoms with van der Waals surface area (Å²) in [6.45, 7) is 5.75. The number of nitrogens with zero attached hydrogens (tertiary/aromatic N) is 3. The van der Waals surface area contributed by atoms with Gasteiger partial charge in [-0.3, -0.25) is 30.3 Å². The summed E-state index contributed by atoms with van der Waals surface area (Å²) in [6, 6.07) is 52.3. The number of non-ortho nitro benzene ring substituents is 3. The van der Waals surface area contributed by atoms with Gasteiger partial charge in [0.1, 0.15) is 6.79 Å². The molecule has 0 heterocycles. The molecule has 0 aromatic heterocycles. The number of nitro groups is 3. The summed E-state index contributed by atoms with van der Waals surface area (Å²) in [6.07, 6.45) is 0.250. The Balaban J connectivity index is -0.0000000387. The van der Waals surface area contributed by atoms with Gasteiger partial charge in [0.15, 0.2) is 0 Å². The number of nitro benzene ring substituents is 3. The van der Waals surface area contributed by atoms with Crippen molar-refractivity contribution >= 4 is 47.1 Å². The fraction of sp³-hybridized carbons (Fsp3) is 0.174. The van der Waals surface area contributed by atoms with E-state index in [0.29, 0.717) is 0 Å². The van der Waals surface area contributed by atoms with Gasteiger partial charge >= 0.3 is 6.15 Å². The molecule has 0 radical (unpaired) electrons. The van der Waals surface area contributed by atoms with Crippen LogP contribution in [0.4, 0.5) is 34.1 Å². The van der Waals surface area contributed by atoms with Crippen LogP contribution in [0.15, 0.2) is 182 Å². The van der Waals surface area contributed by atoms with E-state index < -0.39 is 14.8 Å². The highest BCUT2D eigenvalue weighted by Crippen LogP contribution is 2.08. The fourth-order valence-electron chi connectivity index (χ4n) is 3.01. The molecule has 6 aromatic rings. The van der Waals surface area contributed by atoms with Crippen molar-refractivity contribution in [2.24, 2.45) is 0 Å². The Bertz CT molecular complexity index is 1670. The quantitative estimate of drug-likeness (QED) is 0.0758. The minimum Gasteiger partial charge on any atom is -0.412 e. The molecule has 6 rings (SSSR count). The molecule has 414 valence electrons. The Morgan fingerprint density at radius 1 is 0.389 bits per heavy atom. The number of nitrogen functional groups attached to an aromatic ring is 3. The molecule has 26 nitrogen and oxygen atoms in total. The highest BCUT2D eigenvalue weighted by atomic mass is 16.6. The smallest absolute Gasteiger partial charge is 0.373 e. The Labute approximate surface area is 419 Å². The van der Waals surface area contributed by atoms with Gasteiger partial charge in [-0.1, -0.05) is 138 Å². The third-order valence-electron chi connectivity index (χ3n) is 5.40. The van der Waals surface area contributed by atoms with Gasteiger partial charge in [0.05, 0.1) is 28.0 Å². The van der Waals surface area contributed by atoms with Gasteiger partial charge in [-0.15, -0.1) is 0 Å². The molecule has 0 bridgehead atoms. The average Bonchev–Trinajstić information content (AvgIpc) is 3.34. The van der Waals surface area contributed by atoms with Crippen LogP contribution >= 0.6 is 0 Å². The number of hydrogen-bond acceptors (Lipinski definition) is 16. The molecule has 0 amide bonds. The van der Waals surface area contributed by atoms with Gasteiger partial charge in [0.2, 0.25) is 0 Å². The Kier molecular flexibility index (Phi) is 131. The lowest BCUT2D eigenvalue weighted by atomic mass is 10.3. The van der Waals surface area contributed by atoms with Gasteiger partial charge in [-0.05, 0) is 36.4 Å². The number of benzene rings is 6. The molecule has 0 aliphatic carbocycles. The summed E-state index contributed by atoms with van der Waals surface area (Å²) in [7, 11) is 2.00. The van der Waals surface area contributed by atoms with E-state index in [1.165, 1.54) is 36.4 Å². The molecular weight excluding hydrogens is 957 g/mol. The maximum atomic E-state index is 10.0. The van der Waals surface area contributed by atoms with E-state index in [9.17, 15) is 30.3 Å². The number of carbonyl (C=O) groups is 1. The molecule has 0 saturated carbocycles. The molecule has 6 aromatic carbocycles. The first kappa shape index (κ1) is 105. The van der Waals surface area contributed by atoms with Crippen LogP contribution < -0.4 is 17.2 Å². The van der Waals surface area contributed by atoms with Gasteiger partial charge in [-0.2, -0.15) is 9.59 Å². The Hall–Kier alpha value is -8.47. The van der Waals surface area contributed by atoms with Crippen LogP contribution in [-0.4, -0.2) is 114 Å². The number of carbonyl (C=O) groups excluding carboxylic acids is 3. The molecule has 0 unspecified atom stereocenters. The lowest BCUT2D eigenvalue weighted by Gasteiger charge is -1.85. The van der Waals surface area contributed by atoms with Gasteiger partial charge < -0.3 is 80.8 Å². The molecule has 26 heteroatoms. The van der Waals surface area contributed by atoms with Crippen LogP contribution in [0.1, 0.15) is 28.7 Å². The van der Waals surface area contributed by atoms with Crippen LogP contribution in [0.2, 0.25) is 0 Å². The number of aliphatic hydroxyl groups excluding tert-OH is 4. The van der Waals surface area contributed by atoms with Crippen molar-refractivity contribution in [3.8, 4) is 0 Å². The predicted octanol–water partition coefficient (Wildman–Crippen LogP) is 2.54. The summed E-state index contributed by atoms with van der Waals surface area (Å²) in [5, 5.41) is 59.3. The van der Waals surface area contributed by atoms with Crippen molar-refractivity contribution in [3.63, 3.8) is 0 Å². The summed E-state index contributed by atoms with van der Waals surface area (Å²) >= 11 is 0. The number of rotatable bonds is 4. The van der Waals surface area contributed by atoms with Crippen LogP contribution in [0.3, 0.4) is 0 Å². The lowest BCUT2D eigenvalue weighted by molar-refractivity contribution is -0.385. The van der Waals surface area contributed by atoms with E-state index in [4.69, 9.17) is 52.0 Å². The van der Waals surface area contributed by atoms with Gasteiger partial charge in [0.25, 0.3) is 17.1 Å². The molecule has 0 aliphatic rings. The normalized spacial score (nSPS) is 6.67. The van der Waals surface area contributed by atoms with Crippen molar-refractivity contribution in [1.29, 1.82) is 0 Å². The number of nitrogens with two attached hydrogens (primary N) is 3. The third kappa shape index (κ3) is 81.7. The molecule has 0 fully saturated rings. The van der Waals surface area contributed by atoms with E-state index in [2.05, 4.69) is 0 Å². The summed E-state index contributed by atoms with van der Waals surface area (Å²) in [5.41, 5.74) is 18.9. The largest absolute Gasteiger partial charge is 0.412 e.